The molecule has 2 nitrogen and oxygen atoms in total. The monoisotopic (exact) mass is 263 g/mol. The number of benzene rings is 2. The summed E-state index contributed by atoms with van der Waals surface area (Å²) < 4.78 is 26.8. The zero-order valence-electron chi connectivity index (χ0n) is 10.3. The second kappa shape index (κ2) is 5.91. The van der Waals surface area contributed by atoms with Gasteiger partial charge in [-0.15, -0.1) is 0 Å². The molecule has 0 fully saturated rings. The lowest BCUT2D eigenvalue weighted by Gasteiger charge is -2.22. The summed E-state index contributed by atoms with van der Waals surface area (Å²) in [7, 11) is 0. The zero-order valence-corrected chi connectivity index (χ0v) is 10.3. The largest absolute Gasteiger partial charge is 0.388 e. The maximum absolute atomic E-state index is 13.7. The number of hydrogen-bond acceptors (Lipinski definition) is 2. The van der Waals surface area contributed by atoms with Crippen molar-refractivity contribution in [3.63, 3.8) is 0 Å². The van der Waals surface area contributed by atoms with E-state index in [9.17, 15) is 13.9 Å². The topological polar surface area (TPSA) is 46.2 Å². The van der Waals surface area contributed by atoms with Gasteiger partial charge in [0, 0.05) is 18.0 Å². The Bertz CT molecular complexity index is 545. The molecule has 2 aromatic rings. The van der Waals surface area contributed by atoms with Gasteiger partial charge < -0.3 is 10.8 Å². The van der Waals surface area contributed by atoms with Gasteiger partial charge in [-0.25, -0.2) is 8.78 Å². The van der Waals surface area contributed by atoms with Crippen LogP contribution in [0, 0.1) is 11.6 Å². The summed E-state index contributed by atoms with van der Waals surface area (Å²) in [5.41, 5.74) is 6.38. The molecule has 2 aromatic carbocycles. The van der Waals surface area contributed by atoms with Gasteiger partial charge in [0.1, 0.15) is 11.6 Å². The van der Waals surface area contributed by atoms with Crippen LogP contribution in [0.3, 0.4) is 0 Å². The molecule has 4 heteroatoms. The predicted molar refractivity (Wildman–Crippen MR) is 69.6 cm³/mol. The molecule has 0 saturated heterocycles. The fourth-order valence-corrected chi connectivity index (χ4v) is 2.11. The third-order valence-electron chi connectivity index (χ3n) is 3.14. The Morgan fingerprint density at radius 2 is 1.74 bits per heavy atom. The Morgan fingerprint density at radius 3 is 2.37 bits per heavy atom. The number of rotatable bonds is 4. The standard InChI is InChI=1S/C15H15F2NO/c16-11-6-7-14(17)12(8-11)15(19)13(9-18)10-4-2-1-3-5-10/h1-8,13,15,19H,9,18H2. The van der Waals surface area contributed by atoms with Crippen LogP contribution < -0.4 is 5.73 Å². The van der Waals surface area contributed by atoms with Gasteiger partial charge in [0.2, 0.25) is 0 Å². The second-order valence-corrected chi connectivity index (χ2v) is 4.36. The summed E-state index contributed by atoms with van der Waals surface area (Å²) in [6.45, 7) is 0.140. The molecule has 0 saturated carbocycles. The summed E-state index contributed by atoms with van der Waals surface area (Å²) >= 11 is 0. The molecule has 2 atom stereocenters. The highest BCUT2D eigenvalue weighted by Crippen LogP contribution is 2.31. The minimum absolute atomic E-state index is 0.0701. The summed E-state index contributed by atoms with van der Waals surface area (Å²) in [4.78, 5) is 0. The average Bonchev–Trinajstić information content (AvgIpc) is 2.43. The van der Waals surface area contributed by atoms with E-state index in [1.165, 1.54) is 0 Å². The molecule has 0 aromatic heterocycles. The third-order valence-corrected chi connectivity index (χ3v) is 3.14. The molecule has 3 N–H and O–H groups in total. The van der Waals surface area contributed by atoms with E-state index in [1.54, 1.807) is 12.1 Å². The van der Waals surface area contributed by atoms with E-state index in [-0.39, 0.29) is 12.1 Å². The number of halogens is 2. The fourth-order valence-electron chi connectivity index (χ4n) is 2.11. The smallest absolute Gasteiger partial charge is 0.129 e. The summed E-state index contributed by atoms with van der Waals surface area (Å²) in [6, 6.07) is 12.1. The lowest BCUT2D eigenvalue weighted by Crippen LogP contribution is -2.21. The van der Waals surface area contributed by atoms with Crippen LogP contribution in [0.1, 0.15) is 23.1 Å². The van der Waals surface area contributed by atoms with Crippen LogP contribution in [0.2, 0.25) is 0 Å². The van der Waals surface area contributed by atoms with Crippen LogP contribution >= 0.6 is 0 Å². The first-order chi connectivity index (χ1) is 9.13. The number of aliphatic hydroxyl groups is 1. The van der Waals surface area contributed by atoms with Crippen molar-refractivity contribution < 1.29 is 13.9 Å². The highest BCUT2D eigenvalue weighted by molar-refractivity contribution is 5.28. The first-order valence-corrected chi connectivity index (χ1v) is 6.01. The maximum Gasteiger partial charge on any atom is 0.129 e. The van der Waals surface area contributed by atoms with Crippen LogP contribution in [-0.2, 0) is 0 Å². The Labute approximate surface area is 110 Å². The Hall–Kier alpha value is -1.78. The van der Waals surface area contributed by atoms with Crippen LogP contribution in [0.4, 0.5) is 8.78 Å². The van der Waals surface area contributed by atoms with E-state index in [1.807, 2.05) is 18.2 Å². The van der Waals surface area contributed by atoms with Crippen molar-refractivity contribution in [2.45, 2.75) is 12.0 Å². The number of aliphatic hydroxyl groups excluding tert-OH is 1. The quantitative estimate of drug-likeness (QED) is 0.891. The lowest BCUT2D eigenvalue weighted by molar-refractivity contribution is 0.142. The predicted octanol–water partition coefficient (Wildman–Crippen LogP) is 2.74. The van der Waals surface area contributed by atoms with Gasteiger partial charge in [0.05, 0.1) is 6.10 Å². The Morgan fingerprint density at radius 1 is 1.05 bits per heavy atom. The molecule has 100 valence electrons. The molecule has 0 spiro atoms. The molecular formula is C15H15F2NO. The third kappa shape index (κ3) is 2.97. The Balaban J connectivity index is 2.36. The highest BCUT2D eigenvalue weighted by Gasteiger charge is 2.24. The minimum Gasteiger partial charge on any atom is -0.388 e. The van der Waals surface area contributed by atoms with Crippen molar-refractivity contribution in [3.05, 3.63) is 71.3 Å². The second-order valence-electron chi connectivity index (χ2n) is 4.36. The molecule has 0 heterocycles. The molecular weight excluding hydrogens is 248 g/mol. The highest BCUT2D eigenvalue weighted by atomic mass is 19.1. The van der Waals surface area contributed by atoms with Gasteiger partial charge in [-0.1, -0.05) is 30.3 Å². The zero-order chi connectivity index (χ0) is 13.8. The molecule has 0 radical (unpaired) electrons. The molecule has 0 aliphatic rings. The van der Waals surface area contributed by atoms with E-state index >= 15 is 0 Å². The van der Waals surface area contributed by atoms with Crippen molar-refractivity contribution in [2.75, 3.05) is 6.54 Å². The van der Waals surface area contributed by atoms with Crippen LogP contribution in [-0.4, -0.2) is 11.7 Å². The maximum atomic E-state index is 13.7. The molecule has 0 aliphatic heterocycles. The van der Waals surface area contributed by atoms with Crippen LogP contribution in [0.25, 0.3) is 0 Å². The van der Waals surface area contributed by atoms with Gasteiger partial charge in [-0.05, 0) is 23.8 Å². The lowest BCUT2D eigenvalue weighted by atomic mass is 9.89. The van der Waals surface area contributed by atoms with Gasteiger partial charge in [0.15, 0.2) is 0 Å². The van der Waals surface area contributed by atoms with Gasteiger partial charge >= 0.3 is 0 Å². The number of nitrogens with two attached hydrogens (primary N) is 1. The molecule has 0 bridgehead atoms. The first kappa shape index (κ1) is 13.6. The van der Waals surface area contributed by atoms with Gasteiger partial charge in [-0.2, -0.15) is 0 Å². The molecule has 0 amide bonds. The SMILES string of the molecule is NCC(c1ccccc1)C(O)c1cc(F)ccc1F. The fraction of sp³-hybridized carbons (Fsp3) is 0.200. The van der Waals surface area contributed by atoms with Crippen molar-refractivity contribution in [3.8, 4) is 0 Å². The summed E-state index contributed by atoms with van der Waals surface area (Å²) in [5, 5.41) is 10.3. The van der Waals surface area contributed by atoms with Crippen molar-refractivity contribution in [1.82, 2.24) is 0 Å². The van der Waals surface area contributed by atoms with E-state index in [0.717, 1.165) is 23.8 Å². The van der Waals surface area contributed by atoms with Crippen molar-refractivity contribution in [1.29, 1.82) is 0 Å². The van der Waals surface area contributed by atoms with E-state index < -0.39 is 23.7 Å². The van der Waals surface area contributed by atoms with Crippen molar-refractivity contribution in [2.24, 2.45) is 5.73 Å². The first-order valence-electron chi connectivity index (χ1n) is 6.01. The Kier molecular flexibility index (Phi) is 4.24. The molecule has 2 rings (SSSR count). The molecule has 0 aliphatic carbocycles. The summed E-state index contributed by atoms with van der Waals surface area (Å²) in [6.07, 6.45) is -1.18. The van der Waals surface area contributed by atoms with Crippen LogP contribution in [0.15, 0.2) is 48.5 Å². The molecule has 19 heavy (non-hydrogen) atoms. The number of hydrogen-bond donors (Lipinski definition) is 2. The van der Waals surface area contributed by atoms with Gasteiger partial charge in [-0.3, -0.25) is 0 Å². The average molecular weight is 263 g/mol. The van der Waals surface area contributed by atoms with Crippen molar-refractivity contribution >= 4 is 0 Å². The normalized spacial score (nSPS) is 14.1. The minimum atomic E-state index is -1.18. The van der Waals surface area contributed by atoms with E-state index in [0.29, 0.717) is 0 Å². The molecule has 2 unspecified atom stereocenters. The van der Waals surface area contributed by atoms with E-state index in [4.69, 9.17) is 5.73 Å². The van der Waals surface area contributed by atoms with Crippen LogP contribution in [0.5, 0.6) is 0 Å². The van der Waals surface area contributed by atoms with E-state index in [2.05, 4.69) is 0 Å². The van der Waals surface area contributed by atoms with Gasteiger partial charge in [0.25, 0.3) is 0 Å². The summed E-state index contributed by atoms with van der Waals surface area (Å²) in [5.74, 6) is -1.69.